The van der Waals surface area contributed by atoms with Gasteiger partial charge in [-0.1, -0.05) is 24.8 Å². The summed E-state index contributed by atoms with van der Waals surface area (Å²) in [7, 11) is 0. The number of nitrogens with zero attached hydrogens (tertiary/aromatic N) is 3. The molecule has 2 aromatic heterocycles. The van der Waals surface area contributed by atoms with E-state index in [-0.39, 0.29) is 10.8 Å². The van der Waals surface area contributed by atoms with Gasteiger partial charge in [-0.2, -0.15) is 5.26 Å². The minimum atomic E-state index is -0.245. The van der Waals surface area contributed by atoms with Crippen LogP contribution in [0.4, 0.5) is 0 Å². The molecule has 0 spiro atoms. The number of hydrogen-bond acceptors (Lipinski definition) is 5. The van der Waals surface area contributed by atoms with Crippen molar-refractivity contribution < 1.29 is 0 Å². The van der Waals surface area contributed by atoms with Gasteiger partial charge in [0.05, 0.1) is 16.7 Å². The van der Waals surface area contributed by atoms with Crippen LogP contribution in [0, 0.1) is 17.2 Å². The maximum Gasteiger partial charge on any atom is 0.263 e. The van der Waals surface area contributed by atoms with E-state index in [9.17, 15) is 4.79 Å². The van der Waals surface area contributed by atoms with E-state index in [1.54, 1.807) is 22.0 Å². The Morgan fingerprint density at radius 1 is 1.65 bits per heavy atom. The smallest absolute Gasteiger partial charge is 0.263 e. The summed E-state index contributed by atoms with van der Waals surface area (Å²) in [4.78, 5) is 19.9. The summed E-state index contributed by atoms with van der Waals surface area (Å²) >= 11 is 2.98. The molecule has 0 N–H and O–H groups in total. The minimum Gasteiger partial charge on any atom is -0.283 e. The molecule has 3 rings (SSSR count). The van der Waals surface area contributed by atoms with Crippen LogP contribution in [0.3, 0.4) is 0 Å². The zero-order valence-corrected chi connectivity index (χ0v) is 15.0. The molecule has 120 valence electrons. The zero-order chi connectivity index (χ0) is 16.6. The first-order valence-corrected chi connectivity index (χ1v) is 9.47. The number of aryl methyl sites for hydroxylation is 1. The summed E-state index contributed by atoms with van der Waals surface area (Å²) < 4.78 is 1.65. The first-order valence-electron chi connectivity index (χ1n) is 7.77. The molecule has 0 aromatic carbocycles. The second-order valence-corrected chi connectivity index (χ2v) is 8.41. The van der Waals surface area contributed by atoms with Gasteiger partial charge in [-0.15, -0.1) is 17.9 Å². The number of fused-ring (bicyclic) bond motifs is 3. The highest BCUT2D eigenvalue weighted by Gasteiger charge is 2.24. The van der Waals surface area contributed by atoms with Gasteiger partial charge in [0, 0.05) is 11.4 Å². The normalized spacial score (nSPS) is 18.4. The molecule has 0 saturated heterocycles. The van der Waals surface area contributed by atoms with Gasteiger partial charge in [-0.05, 0) is 37.7 Å². The van der Waals surface area contributed by atoms with Crippen molar-refractivity contribution in [1.82, 2.24) is 9.55 Å². The fraction of sp³-hybridized carbons (Fsp3) is 0.471. The molecule has 2 heterocycles. The lowest BCUT2D eigenvalue weighted by Crippen LogP contribution is -2.24. The Balaban J connectivity index is 2.21. The average Bonchev–Trinajstić information content (AvgIpc) is 2.88. The highest BCUT2D eigenvalue weighted by atomic mass is 32.2. The van der Waals surface area contributed by atoms with Crippen LogP contribution in [-0.4, -0.2) is 14.8 Å². The topological polar surface area (TPSA) is 58.7 Å². The summed E-state index contributed by atoms with van der Waals surface area (Å²) in [5, 5.41) is 10.2. The summed E-state index contributed by atoms with van der Waals surface area (Å²) in [6.45, 7) is 8.24. The van der Waals surface area contributed by atoms with Crippen molar-refractivity contribution in [3.63, 3.8) is 0 Å². The monoisotopic (exact) mass is 345 g/mol. The first kappa shape index (κ1) is 16.3. The van der Waals surface area contributed by atoms with Crippen LogP contribution in [0.2, 0.25) is 0 Å². The Kier molecular flexibility index (Phi) is 4.60. The molecule has 0 fully saturated rings. The Morgan fingerprint density at radius 2 is 2.43 bits per heavy atom. The highest BCUT2D eigenvalue weighted by molar-refractivity contribution is 8.00. The molecule has 0 unspecified atom stereocenters. The standard InChI is InChI=1S/C17H19N3OS2/c1-4-7-20-16(21)14-12-6-5-10(2)8-13(12)23-15(14)19-17(20)22-11(3)9-18/h4,10-11H,1,5-8H2,2-3H3/t10-,11+/m1/s1. The lowest BCUT2D eigenvalue weighted by Gasteiger charge is -2.17. The number of aromatic nitrogens is 2. The largest absolute Gasteiger partial charge is 0.283 e. The zero-order valence-electron chi connectivity index (χ0n) is 13.3. The molecule has 0 saturated carbocycles. The molecule has 4 nitrogen and oxygen atoms in total. The van der Waals surface area contributed by atoms with Crippen molar-refractivity contribution >= 4 is 33.3 Å². The van der Waals surface area contributed by atoms with Crippen LogP contribution in [-0.2, 0) is 19.4 Å². The second kappa shape index (κ2) is 6.50. The highest BCUT2D eigenvalue weighted by Crippen LogP contribution is 2.36. The van der Waals surface area contributed by atoms with Crippen molar-refractivity contribution in [2.75, 3.05) is 0 Å². The molecule has 0 aliphatic heterocycles. The average molecular weight is 345 g/mol. The first-order chi connectivity index (χ1) is 11.0. The van der Waals surface area contributed by atoms with E-state index < -0.39 is 0 Å². The van der Waals surface area contributed by atoms with Gasteiger partial charge in [0.2, 0.25) is 0 Å². The van der Waals surface area contributed by atoms with Gasteiger partial charge in [-0.25, -0.2) is 4.98 Å². The Labute approximate surface area is 143 Å². The lowest BCUT2D eigenvalue weighted by molar-refractivity contribution is 0.509. The van der Waals surface area contributed by atoms with E-state index in [2.05, 4.69) is 19.6 Å². The molecule has 1 aliphatic carbocycles. The summed E-state index contributed by atoms with van der Waals surface area (Å²) in [6.07, 6.45) is 4.83. The Hall–Kier alpha value is -1.58. The van der Waals surface area contributed by atoms with Crippen LogP contribution in [0.15, 0.2) is 22.6 Å². The van der Waals surface area contributed by atoms with Crippen LogP contribution in [0.25, 0.3) is 10.2 Å². The third-order valence-corrected chi connectivity index (χ3v) is 6.29. The SMILES string of the molecule is C=CCn1c(S[C@@H](C)C#N)nc2sc3c(c2c1=O)CC[C@@H](C)C3. The van der Waals surface area contributed by atoms with Crippen LogP contribution < -0.4 is 5.56 Å². The van der Waals surface area contributed by atoms with Crippen molar-refractivity contribution in [2.24, 2.45) is 5.92 Å². The number of rotatable bonds is 4. The minimum absolute atomic E-state index is 0.00888. The molecule has 0 bridgehead atoms. The van der Waals surface area contributed by atoms with E-state index in [1.807, 2.05) is 6.92 Å². The van der Waals surface area contributed by atoms with Crippen molar-refractivity contribution in [2.45, 2.75) is 50.1 Å². The van der Waals surface area contributed by atoms with E-state index in [0.717, 1.165) is 29.5 Å². The lowest BCUT2D eigenvalue weighted by atomic mass is 9.89. The fourth-order valence-electron chi connectivity index (χ4n) is 2.97. The van der Waals surface area contributed by atoms with E-state index in [4.69, 9.17) is 10.2 Å². The second-order valence-electron chi connectivity index (χ2n) is 6.02. The Morgan fingerprint density at radius 3 is 3.13 bits per heavy atom. The van der Waals surface area contributed by atoms with Crippen LogP contribution >= 0.6 is 23.1 Å². The molecule has 0 radical (unpaired) electrons. The summed E-state index contributed by atoms with van der Waals surface area (Å²) in [5.41, 5.74) is 1.21. The molecule has 2 aromatic rings. The number of hydrogen-bond donors (Lipinski definition) is 0. The van der Waals surface area contributed by atoms with E-state index in [1.165, 1.54) is 22.2 Å². The van der Waals surface area contributed by atoms with Crippen molar-refractivity contribution in [3.8, 4) is 6.07 Å². The summed E-state index contributed by atoms with van der Waals surface area (Å²) in [5.74, 6) is 0.665. The quantitative estimate of drug-likeness (QED) is 0.481. The molecular formula is C17H19N3OS2. The maximum absolute atomic E-state index is 13.0. The molecule has 6 heteroatoms. The van der Waals surface area contributed by atoms with Gasteiger partial charge in [0.15, 0.2) is 5.16 Å². The fourth-order valence-corrected chi connectivity index (χ4v) is 5.20. The molecular weight excluding hydrogens is 326 g/mol. The predicted molar refractivity (Wildman–Crippen MR) is 96.2 cm³/mol. The third kappa shape index (κ3) is 2.96. The van der Waals surface area contributed by atoms with E-state index in [0.29, 0.717) is 17.6 Å². The summed E-state index contributed by atoms with van der Waals surface area (Å²) in [6, 6.07) is 2.19. The Bertz CT molecular complexity index is 859. The van der Waals surface area contributed by atoms with Gasteiger partial charge in [-0.3, -0.25) is 9.36 Å². The number of nitriles is 1. The van der Waals surface area contributed by atoms with Crippen LogP contribution in [0.5, 0.6) is 0 Å². The number of allylic oxidation sites excluding steroid dienone is 1. The molecule has 1 aliphatic rings. The third-order valence-electron chi connectivity index (χ3n) is 4.16. The van der Waals surface area contributed by atoms with Crippen molar-refractivity contribution in [3.05, 3.63) is 33.4 Å². The van der Waals surface area contributed by atoms with Gasteiger partial charge >= 0.3 is 0 Å². The van der Waals surface area contributed by atoms with Gasteiger partial charge in [0.1, 0.15) is 4.83 Å². The van der Waals surface area contributed by atoms with E-state index >= 15 is 0 Å². The predicted octanol–water partition coefficient (Wildman–Crippen LogP) is 3.77. The molecule has 2 atom stereocenters. The molecule has 23 heavy (non-hydrogen) atoms. The van der Waals surface area contributed by atoms with Gasteiger partial charge in [0.25, 0.3) is 5.56 Å². The van der Waals surface area contributed by atoms with Crippen molar-refractivity contribution in [1.29, 1.82) is 5.26 Å². The molecule has 0 amide bonds. The number of thiophene rings is 1. The van der Waals surface area contributed by atoms with Gasteiger partial charge < -0.3 is 0 Å². The number of thioether (sulfide) groups is 1. The van der Waals surface area contributed by atoms with Crippen LogP contribution in [0.1, 0.15) is 30.7 Å². The maximum atomic E-state index is 13.0.